The van der Waals surface area contributed by atoms with Crippen LogP contribution in [0.25, 0.3) is 0 Å². The molecule has 1 aliphatic rings. The number of carbonyl (C=O) groups is 2. The fourth-order valence-corrected chi connectivity index (χ4v) is 1.93. The summed E-state index contributed by atoms with van der Waals surface area (Å²) < 4.78 is 0. The molecule has 0 aromatic heterocycles. The van der Waals surface area contributed by atoms with Crippen molar-refractivity contribution >= 4 is 11.9 Å². The molecule has 0 saturated carbocycles. The highest BCUT2D eigenvalue weighted by Crippen LogP contribution is 2.16. The van der Waals surface area contributed by atoms with Gasteiger partial charge in [0.25, 0.3) is 0 Å². The van der Waals surface area contributed by atoms with Crippen LogP contribution in [0.3, 0.4) is 0 Å². The van der Waals surface area contributed by atoms with E-state index in [1.807, 2.05) is 18.9 Å². The van der Waals surface area contributed by atoms with Gasteiger partial charge < -0.3 is 10.0 Å². The Kier molecular flexibility index (Phi) is 3.68. The number of carboxylic acids is 1. The van der Waals surface area contributed by atoms with Crippen molar-refractivity contribution in [3.63, 3.8) is 0 Å². The lowest BCUT2D eigenvalue weighted by Crippen LogP contribution is -2.57. The van der Waals surface area contributed by atoms with E-state index in [0.29, 0.717) is 13.1 Å². The Bertz CT molecular complexity index is 267. The summed E-state index contributed by atoms with van der Waals surface area (Å²) >= 11 is 0. The van der Waals surface area contributed by atoms with E-state index in [4.69, 9.17) is 5.11 Å². The maximum Gasteiger partial charge on any atom is 0.305 e. The molecule has 15 heavy (non-hydrogen) atoms. The van der Waals surface area contributed by atoms with Crippen LogP contribution in [0.15, 0.2) is 0 Å². The first-order chi connectivity index (χ1) is 6.91. The van der Waals surface area contributed by atoms with Crippen LogP contribution in [0.1, 0.15) is 20.3 Å². The average molecular weight is 214 g/mol. The second-order valence-electron chi connectivity index (χ2n) is 4.19. The van der Waals surface area contributed by atoms with E-state index in [9.17, 15) is 9.59 Å². The molecule has 5 nitrogen and oxygen atoms in total. The molecule has 86 valence electrons. The number of aliphatic carboxylic acids is 1. The molecule has 2 atom stereocenters. The predicted molar refractivity (Wildman–Crippen MR) is 55.5 cm³/mol. The van der Waals surface area contributed by atoms with Crippen molar-refractivity contribution in [1.29, 1.82) is 0 Å². The molecule has 0 aliphatic carbocycles. The monoisotopic (exact) mass is 214 g/mol. The highest BCUT2D eigenvalue weighted by Gasteiger charge is 2.31. The SMILES string of the molecule is CC(=O)N1C[C@@H](CC(=O)O)N(C)[C@H](C)C1. The first kappa shape index (κ1) is 12.0. The van der Waals surface area contributed by atoms with Crippen molar-refractivity contribution in [2.75, 3.05) is 20.1 Å². The minimum atomic E-state index is -0.815. The average Bonchev–Trinajstić information content (AvgIpc) is 2.11. The highest BCUT2D eigenvalue weighted by molar-refractivity contribution is 5.73. The molecule has 0 unspecified atom stereocenters. The molecule has 1 heterocycles. The zero-order valence-corrected chi connectivity index (χ0v) is 9.43. The number of amides is 1. The van der Waals surface area contributed by atoms with Gasteiger partial charge in [0.15, 0.2) is 0 Å². The second-order valence-corrected chi connectivity index (χ2v) is 4.19. The van der Waals surface area contributed by atoms with Crippen molar-refractivity contribution in [1.82, 2.24) is 9.80 Å². The third kappa shape index (κ3) is 2.92. The van der Waals surface area contributed by atoms with Gasteiger partial charge in [0, 0.05) is 32.1 Å². The zero-order chi connectivity index (χ0) is 11.6. The lowest BCUT2D eigenvalue weighted by Gasteiger charge is -2.43. The standard InChI is InChI=1S/C10H18N2O3/c1-7-5-12(8(2)13)6-9(11(7)3)4-10(14)15/h7,9H,4-6H2,1-3H3,(H,14,15)/t7-,9-/m1/s1. The Balaban J connectivity index is 2.68. The Morgan fingerprint density at radius 2 is 2.00 bits per heavy atom. The fourth-order valence-electron chi connectivity index (χ4n) is 1.93. The van der Waals surface area contributed by atoms with Crippen LogP contribution in [-0.2, 0) is 9.59 Å². The molecule has 1 amide bonds. The number of rotatable bonds is 2. The van der Waals surface area contributed by atoms with E-state index in [-0.39, 0.29) is 24.4 Å². The summed E-state index contributed by atoms with van der Waals surface area (Å²) in [6.45, 7) is 4.73. The minimum absolute atomic E-state index is 0.0188. The van der Waals surface area contributed by atoms with E-state index in [2.05, 4.69) is 0 Å². The molecule has 0 bridgehead atoms. The summed E-state index contributed by atoms with van der Waals surface area (Å²) in [6.07, 6.45) is 0.0879. The smallest absolute Gasteiger partial charge is 0.305 e. The number of carboxylic acid groups (broad SMARTS) is 1. The lowest BCUT2D eigenvalue weighted by atomic mass is 10.1. The maximum absolute atomic E-state index is 11.2. The molecule has 0 aromatic rings. The van der Waals surface area contributed by atoms with E-state index < -0.39 is 5.97 Å². The Morgan fingerprint density at radius 1 is 1.40 bits per heavy atom. The van der Waals surface area contributed by atoms with Gasteiger partial charge in [-0.25, -0.2) is 0 Å². The van der Waals surface area contributed by atoms with Gasteiger partial charge in [0.05, 0.1) is 6.42 Å². The van der Waals surface area contributed by atoms with Crippen LogP contribution in [0, 0.1) is 0 Å². The molecule has 1 N–H and O–H groups in total. The number of likely N-dealkylation sites (N-methyl/N-ethyl adjacent to an activating group) is 1. The molecule has 0 aromatic carbocycles. The second kappa shape index (κ2) is 4.61. The van der Waals surface area contributed by atoms with Crippen LogP contribution in [0.5, 0.6) is 0 Å². The summed E-state index contributed by atoms with van der Waals surface area (Å²) in [5, 5.41) is 8.76. The van der Waals surface area contributed by atoms with Crippen molar-refractivity contribution in [3.8, 4) is 0 Å². The van der Waals surface area contributed by atoms with Crippen LogP contribution in [0.2, 0.25) is 0 Å². The lowest BCUT2D eigenvalue weighted by molar-refractivity contribution is -0.142. The van der Waals surface area contributed by atoms with Gasteiger partial charge in [-0.2, -0.15) is 0 Å². The van der Waals surface area contributed by atoms with Gasteiger partial charge in [0.2, 0.25) is 5.91 Å². The molecule has 1 fully saturated rings. The van der Waals surface area contributed by atoms with Gasteiger partial charge >= 0.3 is 5.97 Å². The Hall–Kier alpha value is -1.10. The van der Waals surface area contributed by atoms with Crippen molar-refractivity contribution < 1.29 is 14.7 Å². The quantitative estimate of drug-likeness (QED) is 0.703. The molecule has 5 heteroatoms. The van der Waals surface area contributed by atoms with Crippen LogP contribution in [-0.4, -0.2) is 59.0 Å². The first-order valence-electron chi connectivity index (χ1n) is 5.11. The van der Waals surface area contributed by atoms with Gasteiger partial charge in [-0.05, 0) is 14.0 Å². The molecular weight excluding hydrogens is 196 g/mol. The van der Waals surface area contributed by atoms with Gasteiger partial charge in [0.1, 0.15) is 0 Å². The van der Waals surface area contributed by atoms with Gasteiger partial charge in [-0.1, -0.05) is 0 Å². The van der Waals surface area contributed by atoms with Crippen molar-refractivity contribution in [2.45, 2.75) is 32.4 Å². The summed E-state index contributed by atoms with van der Waals surface area (Å²) in [6, 6.07) is 0.141. The number of carbonyl (C=O) groups excluding carboxylic acids is 1. The highest BCUT2D eigenvalue weighted by atomic mass is 16.4. The zero-order valence-electron chi connectivity index (χ0n) is 9.43. The van der Waals surface area contributed by atoms with Crippen LogP contribution in [0.4, 0.5) is 0 Å². The molecule has 1 aliphatic heterocycles. The van der Waals surface area contributed by atoms with E-state index in [1.165, 1.54) is 6.92 Å². The fraction of sp³-hybridized carbons (Fsp3) is 0.800. The number of nitrogens with zero attached hydrogens (tertiary/aromatic N) is 2. The molecule has 0 radical (unpaired) electrons. The van der Waals surface area contributed by atoms with Gasteiger partial charge in [-0.15, -0.1) is 0 Å². The van der Waals surface area contributed by atoms with E-state index >= 15 is 0 Å². The predicted octanol–water partition coefficient (Wildman–Crippen LogP) is 0.0121. The third-order valence-electron chi connectivity index (χ3n) is 3.04. The summed E-state index contributed by atoms with van der Waals surface area (Å²) in [4.78, 5) is 25.7. The molecule has 1 rings (SSSR count). The maximum atomic E-state index is 11.2. The molecule has 0 spiro atoms. The van der Waals surface area contributed by atoms with Crippen LogP contribution < -0.4 is 0 Å². The summed E-state index contributed by atoms with van der Waals surface area (Å²) in [5.74, 6) is -0.796. The molecular formula is C10H18N2O3. The number of hydrogen-bond acceptors (Lipinski definition) is 3. The van der Waals surface area contributed by atoms with Crippen molar-refractivity contribution in [2.24, 2.45) is 0 Å². The number of hydrogen-bond donors (Lipinski definition) is 1. The van der Waals surface area contributed by atoms with E-state index in [1.54, 1.807) is 4.90 Å². The Labute approximate surface area is 89.7 Å². The van der Waals surface area contributed by atoms with Crippen molar-refractivity contribution in [3.05, 3.63) is 0 Å². The minimum Gasteiger partial charge on any atom is -0.481 e. The Morgan fingerprint density at radius 3 is 2.47 bits per heavy atom. The normalized spacial score (nSPS) is 27.8. The third-order valence-corrected chi connectivity index (χ3v) is 3.04. The summed E-state index contributed by atoms with van der Waals surface area (Å²) in [7, 11) is 1.91. The van der Waals surface area contributed by atoms with E-state index in [0.717, 1.165) is 0 Å². The largest absolute Gasteiger partial charge is 0.481 e. The first-order valence-corrected chi connectivity index (χ1v) is 5.11. The van der Waals surface area contributed by atoms with Crippen LogP contribution >= 0.6 is 0 Å². The van der Waals surface area contributed by atoms with Gasteiger partial charge in [-0.3, -0.25) is 14.5 Å². The topological polar surface area (TPSA) is 60.9 Å². The number of piperazine rings is 1. The molecule has 1 saturated heterocycles. The summed E-state index contributed by atoms with van der Waals surface area (Å²) in [5.41, 5.74) is 0.